The number of phenolic OH excluding ortho intramolecular Hbond substituents is 1. The molecule has 5 rings (SSSR count). The first kappa shape index (κ1) is 21.3. The van der Waals surface area contributed by atoms with E-state index in [1.54, 1.807) is 15.9 Å². The van der Waals surface area contributed by atoms with Gasteiger partial charge in [-0.25, -0.2) is 0 Å². The molecule has 2 aliphatic heterocycles. The van der Waals surface area contributed by atoms with Crippen LogP contribution in [0.5, 0.6) is 11.5 Å². The number of hydrogen-bond donors (Lipinski definition) is 3. The smallest absolute Gasteiger partial charge is 0.274 e. The van der Waals surface area contributed by atoms with Crippen molar-refractivity contribution in [3.05, 3.63) is 52.7 Å². The number of nitrogens with zero attached hydrogens (tertiary/aromatic N) is 3. The molecule has 2 aromatic carbocycles. The summed E-state index contributed by atoms with van der Waals surface area (Å²) in [5, 5.41) is 18.1. The van der Waals surface area contributed by atoms with Crippen molar-refractivity contribution in [2.75, 3.05) is 26.2 Å². The SMILES string of the molecule is NCCCOc1ccc2c(c1)CN(C(=O)c1cc3c(C(=O)N4CCCC4)n[nH]c3cc1O)C2. The second-order valence-corrected chi connectivity index (χ2v) is 8.57. The highest BCUT2D eigenvalue weighted by molar-refractivity contribution is 6.08. The highest BCUT2D eigenvalue weighted by Crippen LogP contribution is 2.32. The van der Waals surface area contributed by atoms with Gasteiger partial charge in [-0.1, -0.05) is 6.07 Å². The summed E-state index contributed by atoms with van der Waals surface area (Å²) in [6.07, 6.45) is 2.74. The largest absolute Gasteiger partial charge is 0.507 e. The van der Waals surface area contributed by atoms with E-state index >= 15 is 0 Å². The summed E-state index contributed by atoms with van der Waals surface area (Å²) in [5.74, 6) is 0.165. The van der Waals surface area contributed by atoms with E-state index < -0.39 is 0 Å². The van der Waals surface area contributed by atoms with Gasteiger partial charge in [0.05, 0.1) is 17.7 Å². The molecule has 9 nitrogen and oxygen atoms in total. The van der Waals surface area contributed by atoms with Crippen LogP contribution in [0.3, 0.4) is 0 Å². The van der Waals surface area contributed by atoms with E-state index in [0.717, 1.165) is 36.1 Å². The van der Waals surface area contributed by atoms with Crippen LogP contribution in [-0.2, 0) is 13.1 Å². The Labute approximate surface area is 191 Å². The molecule has 4 N–H and O–H groups in total. The van der Waals surface area contributed by atoms with Gasteiger partial charge in [0, 0.05) is 37.6 Å². The second-order valence-electron chi connectivity index (χ2n) is 8.57. The molecule has 0 saturated carbocycles. The highest BCUT2D eigenvalue weighted by Gasteiger charge is 2.29. The third-order valence-corrected chi connectivity index (χ3v) is 6.31. The lowest BCUT2D eigenvalue weighted by Gasteiger charge is -2.17. The lowest BCUT2D eigenvalue weighted by Crippen LogP contribution is -2.28. The Bertz CT molecular complexity index is 1220. The lowest BCUT2D eigenvalue weighted by molar-refractivity contribution is 0.0746. The molecule has 172 valence electrons. The molecule has 0 radical (unpaired) electrons. The summed E-state index contributed by atoms with van der Waals surface area (Å²) in [6, 6.07) is 8.85. The number of fused-ring (bicyclic) bond motifs is 2. The van der Waals surface area contributed by atoms with Crippen LogP contribution >= 0.6 is 0 Å². The van der Waals surface area contributed by atoms with Gasteiger partial charge in [-0.2, -0.15) is 5.10 Å². The standard InChI is InChI=1S/C24H27N5O4/c25-6-3-9-33-17-5-4-15-13-29(14-16(15)10-17)23(31)19-11-18-20(12-21(19)30)26-27-22(18)24(32)28-7-1-2-8-28/h4-5,10-12,30H,1-3,6-9,13-14,25H2,(H,26,27). The first-order valence-electron chi connectivity index (χ1n) is 11.3. The molecule has 2 amide bonds. The normalized spacial score (nSPS) is 15.3. The van der Waals surface area contributed by atoms with E-state index in [9.17, 15) is 14.7 Å². The fourth-order valence-corrected chi connectivity index (χ4v) is 4.51. The number of aromatic nitrogens is 2. The van der Waals surface area contributed by atoms with E-state index in [1.807, 2.05) is 18.2 Å². The number of nitrogens with one attached hydrogen (secondary N) is 1. The molecule has 0 atom stereocenters. The van der Waals surface area contributed by atoms with Gasteiger partial charge in [-0.3, -0.25) is 14.7 Å². The minimum absolute atomic E-state index is 0.141. The highest BCUT2D eigenvalue weighted by atomic mass is 16.5. The number of aromatic amines is 1. The van der Waals surface area contributed by atoms with Crippen LogP contribution < -0.4 is 10.5 Å². The first-order valence-corrected chi connectivity index (χ1v) is 11.3. The van der Waals surface area contributed by atoms with Gasteiger partial charge in [0.2, 0.25) is 0 Å². The van der Waals surface area contributed by atoms with Crippen molar-refractivity contribution in [1.29, 1.82) is 0 Å². The summed E-state index contributed by atoms with van der Waals surface area (Å²) in [6.45, 7) is 3.41. The average Bonchev–Trinajstić information content (AvgIpc) is 3.56. The average molecular weight is 450 g/mol. The van der Waals surface area contributed by atoms with Gasteiger partial charge >= 0.3 is 0 Å². The van der Waals surface area contributed by atoms with Crippen molar-refractivity contribution < 1.29 is 19.4 Å². The summed E-state index contributed by atoms with van der Waals surface area (Å²) in [4.78, 5) is 29.7. The molecular formula is C24H27N5O4. The van der Waals surface area contributed by atoms with Crippen molar-refractivity contribution >= 4 is 22.7 Å². The maximum atomic E-state index is 13.3. The van der Waals surface area contributed by atoms with Crippen molar-refractivity contribution in [3.63, 3.8) is 0 Å². The van der Waals surface area contributed by atoms with Crippen molar-refractivity contribution in [2.24, 2.45) is 5.73 Å². The van der Waals surface area contributed by atoms with Crippen LogP contribution in [0.25, 0.3) is 10.9 Å². The van der Waals surface area contributed by atoms with Crippen molar-refractivity contribution in [3.8, 4) is 11.5 Å². The maximum Gasteiger partial charge on any atom is 0.274 e. The number of H-pyrrole nitrogens is 1. The molecule has 2 aliphatic rings. The van der Waals surface area contributed by atoms with Crippen molar-refractivity contribution in [1.82, 2.24) is 20.0 Å². The summed E-state index contributed by atoms with van der Waals surface area (Å²) >= 11 is 0. The molecule has 0 aliphatic carbocycles. The van der Waals surface area contributed by atoms with Crippen LogP contribution in [0, 0.1) is 0 Å². The zero-order chi connectivity index (χ0) is 22.9. The van der Waals surface area contributed by atoms with Crippen molar-refractivity contribution in [2.45, 2.75) is 32.4 Å². The van der Waals surface area contributed by atoms with Gasteiger partial charge in [0.1, 0.15) is 11.5 Å². The van der Waals surface area contributed by atoms with E-state index in [1.165, 1.54) is 6.07 Å². The number of benzene rings is 2. The Morgan fingerprint density at radius 2 is 1.85 bits per heavy atom. The minimum atomic E-state index is -0.294. The summed E-state index contributed by atoms with van der Waals surface area (Å²) < 4.78 is 5.72. The van der Waals surface area contributed by atoms with E-state index in [4.69, 9.17) is 10.5 Å². The lowest BCUT2D eigenvalue weighted by atomic mass is 10.1. The molecule has 1 saturated heterocycles. The predicted molar refractivity (Wildman–Crippen MR) is 122 cm³/mol. The molecule has 0 spiro atoms. The number of phenols is 1. The van der Waals surface area contributed by atoms with E-state index in [-0.39, 0.29) is 28.8 Å². The summed E-state index contributed by atoms with van der Waals surface area (Å²) in [7, 11) is 0. The number of likely N-dealkylation sites (tertiary alicyclic amines) is 1. The fourth-order valence-electron chi connectivity index (χ4n) is 4.51. The molecule has 33 heavy (non-hydrogen) atoms. The number of nitrogens with two attached hydrogens (primary N) is 1. The molecule has 3 aromatic rings. The molecule has 1 aromatic heterocycles. The second kappa shape index (κ2) is 8.74. The van der Waals surface area contributed by atoms with Crippen LogP contribution in [-0.4, -0.2) is 63.2 Å². The van der Waals surface area contributed by atoms with E-state index in [0.29, 0.717) is 50.2 Å². The minimum Gasteiger partial charge on any atom is -0.507 e. The third kappa shape index (κ3) is 4.00. The topological polar surface area (TPSA) is 125 Å². The summed E-state index contributed by atoms with van der Waals surface area (Å²) in [5.41, 5.74) is 8.54. The van der Waals surface area contributed by atoms with Gasteiger partial charge < -0.3 is 25.4 Å². The fraction of sp³-hybridized carbons (Fsp3) is 0.375. The number of carbonyl (C=O) groups excluding carboxylic acids is 2. The van der Waals surface area contributed by atoms with Gasteiger partial charge in [0.25, 0.3) is 11.8 Å². The van der Waals surface area contributed by atoms with Gasteiger partial charge in [0.15, 0.2) is 5.69 Å². The van der Waals surface area contributed by atoms with Crippen LogP contribution in [0.2, 0.25) is 0 Å². The van der Waals surface area contributed by atoms with E-state index in [2.05, 4.69) is 10.2 Å². The zero-order valence-electron chi connectivity index (χ0n) is 18.3. The zero-order valence-corrected chi connectivity index (χ0v) is 18.3. The molecule has 1 fully saturated rings. The molecule has 0 unspecified atom stereocenters. The quantitative estimate of drug-likeness (QED) is 0.496. The molecule has 9 heteroatoms. The molecule has 0 bridgehead atoms. The van der Waals surface area contributed by atoms with Gasteiger partial charge in [-0.15, -0.1) is 0 Å². The molecule has 3 heterocycles. The number of rotatable bonds is 6. The Morgan fingerprint density at radius 3 is 2.64 bits per heavy atom. The predicted octanol–water partition coefficient (Wildman–Crippen LogP) is 2.39. The van der Waals surface area contributed by atoms with Gasteiger partial charge in [-0.05, 0) is 55.1 Å². The maximum absolute atomic E-state index is 13.3. The Morgan fingerprint density at radius 1 is 1.06 bits per heavy atom. The Balaban J connectivity index is 1.38. The van der Waals surface area contributed by atoms with Crippen LogP contribution in [0.15, 0.2) is 30.3 Å². The molecular weight excluding hydrogens is 422 g/mol. The number of carbonyl (C=O) groups is 2. The Kier molecular flexibility index (Phi) is 5.63. The van der Waals surface area contributed by atoms with Crippen LogP contribution in [0.4, 0.5) is 0 Å². The monoisotopic (exact) mass is 449 g/mol. The first-order chi connectivity index (χ1) is 16.0. The number of amides is 2. The third-order valence-electron chi connectivity index (χ3n) is 6.31. The number of hydrogen-bond acceptors (Lipinski definition) is 6. The Hall–Kier alpha value is -3.59. The van der Waals surface area contributed by atoms with Crippen LogP contribution in [0.1, 0.15) is 51.2 Å². The number of ether oxygens (including phenoxy) is 1. The number of aromatic hydroxyl groups is 1.